The standard InChI is InChI=1S/C10H11BrFNO2/c1-2-13-9(10(14)15)7-5-6(12)3-4-8(7)11/h3-5,9,13H,2H2,1H3,(H,14,15). The first-order valence-corrected chi connectivity index (χ1v) is 5.26. The average molecular weight is 276 g/mol. The molecule has 0 amide bonds. The monoisotopic (exact) mass is 275 g/mol. The molecule has 0 aliphatic rings. The van der Waals surface area contributed by atoms with Crippen LogP contribution in [-0.4, -0.2) is 17.6 Å². The van der Waals surface area contributed by atoms with Crippen LogP contribution in [0.25, 0.3) is 0 Å². The number of hydrogen-bond donors (Lipinski definition) is 2. The molecule has 1 atom stereocenters. The van der Waals surface area contributed by atoms with Crippen molar-refractivity contribution in [2.24, 2.45) is 0 Å². The minimum atomic E-state index is -1.02. The molecule has 0 fully saturated rings. The van der Waals surface area contributed by atoms with E-state index >= 15 is 0 Å². The lowest BCUT2D eigenvalue weighted by molar-refractivity contribution is -0.139. The van der Waals surface area contributed by atoms with Gasteiger partial charge in [-0.25, -0.2) is 4.39 Å². The first-order chi connectivity index (χ1) is 7.06. The maximum absolute atomic E-state index is 13.0. The van der Waals surface area contributed by atoms with Gasteiger partial charge in [-0.3, -0.25) is 4.79 Å². The van der Waals surface area contributed by atoms with Crippen molar-refractivity contribution in [3.63, 3.8) is 0 Å². The minimum absolute atomic E-state index is 0.393. The fraction of sp³-hybridized carbons (Fsp3) is 0.300. The summed E-state index contributed by atoms with van der Waals surface area (Å²) >= 11 is 3.20. The Morgan fingerprint density at radius 1 is 1.67 bits per heavy atom. The van der Waals surface area contributed by atoms with E-state index in [9.17, 15) is 9.18 Å². The summed E-state index contributed by atoms with van der Waals surface area (Å²) in [6.07, 6.45) is 0. The Labute approximate surface area is 95.4 Å². The van der Waals surface area contributed by atoms with Gasteiger partial charge in [0.25, 0.3) is 0 Å². The van der Waals surface area contributed by atoms with Crippen LogP contribution in [0, 0.1) is 5.82 Å². The van der Waals surface area contributed by atoms with Gasteiger partial charge in [0.15, 0.2) is 0 Å². The Morgan fingerprint density at radius 2 is 2.33 bits per heavy atom. The van der Waals surface area contributed by atoms with Crippen LogP contribution >= 0.6 is 15.9 Å². The Balaban J connectivity index is 3.09. The highest BCUT2D eigenvalue weighted by molar-refractivity contribution is 9.10. The van der Waals surface area contributed by atoms with Gasteiger partial charge < -0.3 is 10.4 Å². The summed E-state index contributed by atoms with van der Waals surface area (Å²) in [5.74, 6) is -1.47. The molecular formula is C10H11BrFNO2. The molecule has 2 N–H and O–H groups in total. The van der Waals surface area contributed by atoms with Crippen molar-refractivity contribution in [3.05, 3.63) is 34.1 Å². The zero-order valence-electron chi connectivity index (χ0n) is 8.13. The molecule has 0 spiro atoms. The summed E-state index contributed by atoms with van der Waals surface area (Å²) < 4.78 is 13.6. The number of carboxylic acid groups (broad SMARTS) is 1. The van der Waals surface area contributed by atoms with Crippen molar-refractivity contribution in [2.45, 2.75) is 13.0 Å². The molecule has 1 unspecified atom stereocenters. The van der Waals surface area contributed by atoms with Gasteiger partial charge in [0.2, 0.25) is 0 Å². The average Bonchev–Trinajstić information content (AvgIpc) is 2.18. The third kappa shape index (κ3) is 3.00. The second-order valence-corrected chi connectivity index (χ2v) is 3.85. The van der Waals surface area contributed by atoms with Crippen molar-refractivity contribution in [3.8, 4) is 0 Å². The van der Waals surface area contributed by atoms with Crippen molar-refractivity contribution in [1.82, 2.24) is 5.32 Å². The quantitative estimate of drug-likeness (QED) is 0.887. The van der Waals surface area contributed by atoms with Gasteiger partial charge in [-0.2, -0.15) is 0 Å². The maximum Gasteiger partial charge on any atom is 0.325 e. The van der Waals surface area contributed by atoms with E-state index in [4.69, 9.17) is 5.11 Å². The van der Waals surface area contributed by atoms with Crippen LogP contribution in [0.4, 0.5) is 4.39 Å². The summed E-state index contributed by atoms with van der Waals surface area (Å²) in [6, 6.07) is 3.10. The lowest BCUT2D eigenvalue weighted by Gasteiger charge is -2.15. The van der Waals surface area contributed by atoms with E-state index in [2.05, 4.69) is 21.2 Å². The number of likely N-dealkylation sites (N-methyl/N-ethyl adjacent to an activating group) is 1. The Bertz CT molecular complexity index is 370. The van der Waals surface area contributed by atoms with Crippen LogP contribution in [0.3, 0.4) is 0 Å². The Kier molecular flexibility index (Phi) is 4.23. The van der Waals surface area contributed by atoms with Gasteiger partial charge in [-0.15, -0.1) is 0 Å². The molecule has 0 saturated heterocycles. The number of carbonyl (C=O) groups is 1. The number of aliphatic carboxylic acids is 1. The van der Waals surface area contributed by atoms with E-state index in [0.29, 0.717) is 16.6 Å². The largest absolute Gasteiger partial charge is 0.480 e. The summed E-state index contributed by atoms with van der Waals surface area (Å²) in [6.45, 7) is 2.29. The van der Waals surface area contributed by atoms with Crippen molar-refractivity contribution >= 4 is 21.9 Å². The van der Waals surface area contributed by atoms with Crippen LogP contribution in [0.1, 0.15) is 18.5 Å². The fourth-order valence-electron chi connectivity index (χ4n) is 1.27. The van der Waals surface area contributed by atoms with Crippen LogP contribution in [0.5, 0.6) is 0 Å². The second-order valence-electron chi connectivity index (χ2n) is 2.99. The molecule has 15 heavy (non-hydrogen) atoms. The summed E-state index contributed by atoms with van der Waals surface area (Å²) in [4.78, 5) is 10.9. The molecule has 1 aromatic carbocycles. The van der Waals surface area contributed by atoms with Crippen LogP contribution in [-0.2, 0) is 4.79 Å². The predicted octanol–water partition coefficient (Wildman–Crippen LogP) is 2.32. The molecule has 3 nitrogen and oxygen atoms in total. The molecule has 0 aliphatic heterocycles. The number of rotatable bonds is 4. The molecule has 0 bridgehead atoms. The van der Waals surface area contributed by atoms with Crippen molar-refractivity contribution < 1.29 is 14.3 Å². The third-order valence-corrected chi connectivity index (χ3v) is 2.65. The molecule has 0 radical (unpaired) electrons. The predicted molar refractivity (Wildman–Crippen MR) is 58.2 cm³/mol. The fourth-order valence-corrected chi connectivity index (χ4v) is 1.75. The molecule has 5 heteroatoms. The number of halogens is 2. The van der Waals surface area contributed by atoms with E-state index in [-0.39, 0.29) is 0 Å². The third-order valence-electron chi connectivity index (χ3n) is 1.92. The number of benzene rings is 1. The molecule has 0 aromatic heterocycles. The Morgan fingerprint density at radius 3 is 2.87 bits per heavy atom. The molecular weight excluding hydrogens is 265 g/mol. The highest BCUT2D eigenvalue weighted by Gasteiger charge is 2.21. The lowest BCUT2D eigenvalue weighted by atomic mass is 10.1. The van der Waals surface area contributed by atoms with Gasteiger partial charge >= 0.3 is 5.97 Å². The first-order valence-electron chi connectivity index (χ1n) is 4.47. The molecule has 0 saturated carbocycles. The van der Waals surface area contributed by atoms with E-state index in [1.807, 2.05) is 0 Å². The van der Waals surface area contributed by atoms with E-state index in [1.165, 1.54) is 18.2 Å². The van der Waals surface area contributed by atoms with Crippen molar-refractivity contribution in [1.29, 1.82) is 0 Å². The van der Waals surface area contributed by atoms with Crippen LogP contribution in [0.2, 0.25) is 0 Å². The molecule has 0 heterocycles. The highest BCUT2D eigenvalue weighted by Crippen LogP contribution is 2.24. The highest BCUT2D eigenvalue weighted by atomic mass is 79.9. The SMILES string of the molecule is CCNC(C(=O)O)c1cc(F)ccc1Br. The topological polar surface area (TPSA) is 49.3 Å². The molecule has 1 aromatic rings. The normalized spacial score (nSPS) is 12.5. The first kappa shape index (κ1) is 12.1. The smallest absolute Gasteiger partial charge is 0.325 e. The Hall–Kier alpha value is -0.940. The zero-order valence-corrected chi connectivity index (χ0v) is 9.71. The van der Waals surface area contributed by atoms with Gasteiger partial charge in [-0.1, -0.05) is 22.9 Å². The molecule has 82 valence electrons. The zero-order chi connectivity index (χ0) is 11.4. The maximum atomic E-state index is 13.0. The van der Waals surface area contributed by atoms with Gasteiger partial charge in [0, 0.05) is 4.47 Å². The summed E-state index contributed by atoms with van der Waals surface area (Å²) in [5, 5.41) is 11.7. The van der Waals surface area contributed by atoms with E-state index < -0.39 is 17.8 Å². The molecule has 0 aliphatic carbocycles. The van der Waals surface area contributed by atoms with Gasteiger partial charge in [0.05, 0.1) is 0 Å². The van der Waals surface area contributed by atoms with Gasteiger partial charge in [-0.05, 0) is 30.3 Å². The number of carboxylic acids is 1. The van der Waals surface area contributed by atoms with Crippen LogP contribution in [0.15, 0.2) is 22.7 Å². The number of nitrogens with one attached hydrogen (secondary N) is 1. The number of hydrogen-bond acceptors (Lipinski definition) is 2. The van der Waals surface area contributed by atoms with E-state index in [1.54, 1.807) is 6.92 Å². The molecule has 1 rings (SSSR count). The lowest BCUT2D eigenvalue weighted by Crippen LogP contribution is -2.28. The second kappa shape index (κ2) is 5.23. The summed E-state index contributed by atoms with van der Waals surface area (Å²) in [7, 11) is 0. The van der Waals surface area contributed by atoms with E-state index in [0.717, 1.165) is 0 Å². The minimum Gasteiger partial charge on any atom is -0.480 e. The summed E-state index contributed by atoms with van der Waals surface area (Å²) in [5.41, 5.74) is 0.393. The van der Waals surface area contributed by atoms with Gasteiger partial charge in [0.1, 0.15) is 11.9 Å². The van der Waals surface area contributed by atoms with Crippen molar-refractivity contribution in [2.75, 3.05) is 6.54 Å². The van der Waals surface area contributed by atoms with Crippen LogP contribution < -0.4 is 5.32 Å².